The molecule has 57 valence electrons. The molecule has 2 nitrogen and oxygen atoms in total. The van der Waals surface area contributed by atoms with Crippen molar-refractivity contribution in [2.24, 2.45) is 0 Å². The quantitative estimate of drug-likeness (QED) is 0.530. The molecule has 11 heavy (non-hydrogen) atoms. The van der Waals surface area contributed by atoms with Gasteiger partial charge in [-0.15, -0.1) is 0 Å². The van der Waals surface area contributed by atoms with Crippen molar-refractivity contribution in [2.45, 2.75) is 13.0 Å². The molecule has 0 aliphatic rings. The number of hydrogen-bond donors (Lipinski definition) is 1. The van der Waals surface area contributed by atoms with Crippen molar-refractivity contribution in [1.29, 1.82) is 0 Å². The van der Waals surface area contributed by atoms with Crippen LogP contribution in [0.3, 0.4) is 0 Å². The molecule has 0 saturated heterocycles. The average Bonchev–Trinajstić information content (AvgIpc) is 2.03. The molecule has 0 saturated carbocycles. The van der Waals surface area contributed by atoms with Gasteiger partial charge < -0.3 is 10.2 Å². The van der Waals surface area contributed by atoms with E-state index in [0.717, 1.165) is 11.3 Å². The molecule has 3 radical (unpaired) electrons. The second-order valence-electron chi connectivity index (χ2n) is 2.43. The molecule has 0 fully saturated rings. The van der Waals surface area contributed by atoms with E-state index >= 15 is 0 Å². The lowest BCUT2D eigenvalue weighted by Crippen LogP contribution is -1.97. The van der Waals surface area contributed by atoms with Crippen molar-refractivity contribution >= 4 is 16.2 Å². The van der Waals surface area contributed by atoms with Crippen LogP contribution in [0, 0.1) is 0 Å². The van der Waals surface area contributed by atoms with E-state index in [1.165, 1.54) is 0 Å². The molecule has 1 unspecified atom stereocenters. The predicted molar refractivity (Wildman–Crippen MR) is 46.1 cm³/mol. The van der Waals surface area contributed by atoms with E-state index in [0.29, 0.717) is 0 Å². The second-order valence-corrected chi connectivity index (χ2v) is 2.67. The smallest absolute Gasteiger partial charge is 0.247 e. The van der Waals surface area contributed by atoms with Crippen LogP contribution in [0.1, 0.15) is 18.6 Å². The van der Waals surface area contributed by atoms with E-state index in [2.05, 4.69) is 10.5 Å². The van der Waals surface area contributed by atoms with E-state index in [1.807, 2.05) is 31.2 Å². The van der Waals surface area contributed by atoms with E-state index in [1.54, 1.807) is 0 Å². The molecule has 0 aliphatic heterocycles. The Bertz CT molecular complexity index is 239. The normalized spacial score (nSPS) is 12.9. The minimum atomic E-state index is 0.0372. The van der Waals surface area contributed by atoms with Crippen LogP contribution in [0.5, 0.6) is 0 Å². The topological polar surface area (TPSA) is 35.2 Å². The van der Waals surface area contributed by atoms with Crippen molar-refractivity contribution in [3.05, 3.63) is 29.8 Å². The van der Waals surface area contributed by atoms with Crippen LogP contribution in [-0.2, 0) is 4.43 Å². The van der Waals surface area contributed by atoms with Crippen molar-refractivity contribution in [3.8, 4) is 0 Å². The lowest BCUT2D eigenvalue weighted by molar-refractivity contribution is 0.251. The Morgan fingerprint density at radius 2 is 2.27 bits per heavy atom. The summed E-state index contributed by atoms with van der Waals surface area (Å²) in [4.78, 5) is 0. The van der Waals surface area contributed by atoms with Crippen LogP contribution in [0.15, 0.2) is 24.3 Å². The van der Waals surface area contributed by atoms with Gasteiger partial charge in [0.15, 0.2) is 0 Å². The van der Waals surface area contributed by atoms with Crippen molar-refractivity contribution < 1.29 is 4.43 Å². The molecule has 0 amide bonds. The fraction of sp³-hybridized carbons (Fsp3) is 0.250. The summed E-state index contributed by atoms with van der Waals surface area (Å²) in [6.07, 6.45) is 0.0372. The van der Waals surface area contributed by atoms with Crippen LogP contribution in [0.25, 0.3) is 0 Å². The van der Waals surface area contributed by atoms with Gasteiger partial charge in [-0.3, -0.25) is 0 Å². The minimum Gasteiger partial charge on any atom is -0.412 e. The third-order valence-corrected chi connectivity index (χ3v) is 1.91. The molecule has 1 aromatic rings. The number of nitrogens with two attached hydrogens (primary N) is 1. The summed E-state index contributed by atoms with van der Waals surface area (Å²) in [6, 6.07) is 7.63. The summed E-state index contributed by atoms with van der Waals surface area (Å²) in [7, 11) is 2.98. The SMILES string of the molecule is CC(O[Si])c1cccc(N)c1. The molecular weight excluding hydrogens is 154 g/mol. The van der Waals surface area contributed by atoms with Crippen molar-refractivity contribution in [2.75, 3.05) is 5.73 Å². The number of nitrogen functional groups attached to an aromatic ring is 1. The lowest BCUT2D eigenvalue weighted by atomic mass is 10.1. The average molecular weight is 164 g/mol. The second kappa shape index (κ2) is 3.55. The van der Waals surface area contributed by atoms with Gasteiger partial charge in [0.1, 0.15) is 0 Å². The van der Waals surface area contributed by atoms with Gasteiger partial charge in [-0.05, 0) is 24.6 Å². The summed E-state index contributed by atoms with van der Waals surface area (Å²) in [5, 5.41) is 0. The van der Waals surface area contributed by atoms with Gasteiger partial charge in [0.05, 0.1) is 6.10 Å². The zero-order valence-electron chi connectivity index (χ0n) is 6.37. The highest BCUT2D eigenvalue weighted by Gasteiger charge is 2.01. The first-order chi connectivity index (χ1) is 5.24. The van der Waals surface area contributed by atoms with E-state index < -0.39 is 0 Å². The highest BCUT2D eigenvalue weighted by atomic mass is 28.2. The summed E-state index contributed by atoms with van der Waals surface area (Å²) in [6.45, 7) is 1.95. The molecule has 1 rings (SSSR count). The molecule has 0 spiro atoms. The Labute approximate surface area is 69.9 Å². The zero-order chi connectivity index (χ0) is 8.27. The fourth-order valence-electron chi connectivity index (χ4n) is 0.880. The van der Waals surface area contributed by atoms with Gasteiger partial charge in [0, 0.05) is 5.69 Å². The maximum atomic E-state index is 5.58. The van der Waals surface area contributed by atoms with Crippen LogP contribution in [0.2, 0.25) is 0 Å². The minimum absolute atomic E-state index is 0.0372. The summed E-state index contributed by atoms with van der Waals surface area (Å²) < 4.78 is 4.94. The Morgan fingerprint density at radius 1 is 1.55 bits per heavy atom. The van der Waals surface area contributed by atoms with Crippen LogP contribution < -0.4 is 5.73 Å². The highest BCUT2D eigenvalue weighted by molar-refractivity contribution is 5.98. The van der Waals surface area contributed by atoms with Crippen LogP contribution in [0.4, 0.5) is 5.69 Å². The lowest BCUT2D eigenvalue weighted by Gasteiger charge is -2.09. The molecule has 1 aromatic carbocycles. The van der Waals surface area contributed by atoms with E-state index in [-0.39, 0.29) is 6.10 Å². The van der Waals surface area contributed by atoms with Crippen molar-refractivity contribution in [1.82, 2.24) is 0 Å². The Kier molecular flexibility index (Phi) is 2.68. The Morgan fingerprint density at radius 3 is 2.82 bits per heavy atom. The molecule has 0 aliphatic carbocycles. The first-order valence-corrected chi connectivity index (χ1v) is 3.82. The summed E-state index contributed by atoms with van der Waals surface area (Å²) >= 11 is 0. The van der Waals surface area contributed by atoms with Gasteiger partial charge in [-0.25, -0.2) is 0 Å². The molecule has 2 N–H and O–H groups in total. The zero-order valence-corrected chi connectivity index (χ0v) is 7.37. The monoisotopic (exact) mass is 164 g/mol. The Hall–Kier alpha value is -0.803. The third kappa shape index (κ3) is 2.06. The van der Waals surface area contributed by atoms with E-state index in [9.17, 15) is 0 Å². The number of hydrogen-bond acceptors (Lipinski definition) is 2. The van der Waals surface area contributed by atoms with Gasteiger partial charge in [0.25, 0.3) is 0 Å². The first kappa shape index (κ1) is 8.29. The third-order valence-electron chi connectivity index (χ3n) is 1.56. The molecule has 0 bridgehead atoms. The summed E-state index contributed by atoms with van der Waals surface area (Å²) in [5.74, 6) is 0. The Balaban J connectivity index is 2.86. The van der Waals surface area contributed by atoms with Crippen LogP contribution >= 0.6 is 0 Å². The molecule has 3 heteroatoms. The largest absolute Gasteiger partial charge is 0.412 e. The van der Waals surface area contributed by atoms with Gasteiger partial charge in [0.2, 0.25) is 10.5 Å². The number of anilines is 1. The predicted octanol–water partition coefficient (Wildman–Crippen LogP) is 1.43. The molecule has 0 aromatic heterocycles. The fourth-order valence-corrected chi connectivity index (χ4v) is 1.02. The van der Waals surface area contributed by atoms with Gasteiger partial charge >= 0.3 is 0 Å². The maximum Gasteiger partial charge on any atom is 0.247 e. The summed E-state index contributed by atoms with van der Waals surface area (Å²) in [5.41, 5.74) is 7.41. The highest BCUT2D eigenvalue weighted by Crippen LogP contribution is 2.17. The molecule has 1 atom stereocenters. The number of benzene rings is 1. The van der Waals surface area contributed by atoms with Gasteiger partial charge in [-0.1, -0.05) is 12.1 Å². The maximum absolute atomic E-state index is 5.58. The van der Waals surface area contributed by atoms with E-state index in [4.69, 9.17) is 10.2 Å². The van der Waals surface area contributed by atoms with Crippen LogP contribution in [-0.4, -0.2) is 10.5 Å². The first-order valence-electron chi connectivity index (χ1n) is 3.42. The van der Waals surface area contributed by atoms with Crippen molar-refractivity contribution in [3.63, 3.8) is 0 Å². The molecule has 0 heterocycles. The number of rotatable bonds is 2. The molecular formula is C8H10NOSi. The van der Waals surface area contributed by atoms with Gasteiger partial charge in [-0.2, -0.15) is 0 Å². The standard InChI is InChI=1S/C8H10NOSi/c1-6(10-11)7-3-2-4-8(9)5-7/h2-6H,9H2,1H3.